The van der Waals surface area contributed by atoms with E-state index in [1.807, 2.05) is 20.8 Å². The Bertz CT molecular complexity index is 1700. The van der Waals surface area contributed by atoms with Crippen LogP contribution in [-0.4, -0.2) is 32.3 Å². The van der Waals surface area contributed by atoms with Crippen LogP contribution in [-0.2, 0) is 20.2 Å². The van der Waals surface area contributed by atoms with Crippen molar-refractivity contribution in [3.05, 3.63) is 99.3 Å². The zero-order chi connectivity index (χ0) is 28.7. The number of esters is 1. The first-order valence-electron chi connectivity index (χ1n) is 11.8. The van der Waals surface area contributed by atoms with E-state index in [2.05, 4.69) is 0 Å². The normalized spacial score (nSPS) is 11.8. The summed E-state index contributed by atoms with van der Waals surface area (Å²) in [5.41, 5.74) is 0.661. The summed E-state index contributed by atoms with van der Waals surface area (Å²) in [5.74, 6) is -1.36. The highest BCUT2D eigenvalue weighted by Crippen LogP contribution is 2.34. The molecule has 39 heavy (non-hydrogen) atoms. The molecule has 0 saturated carbocycles. The highest BCUT2D eigenvalue weighted by molar-refractivity contribution is 7.93. The Morgan fingerprint density at radius 2 is 1.59 bits per heavy atom. The number of methoxy groups -OCH3 is 1. The third kappa shape index (κ3) is 5.13. The Hall–Kier alpha value is -4.51. The maximum absolute atomic E-state index is 14.0. The minimum atomic E-state index is -4.49. The minimum Gasteiger partial charge on any atom is -0.465 e. The van der Waals surface area contributed by atoms with Crippen LogP contribution < -0.4 is 4.31 Å². The summed E-state index contributed by atoms with van der Waals surface area (Å²) >= 11 is 0. The van der Waals surface area contributed by atoms with Crippen molar-refractivity contribution in [2.75, 3.05) is 11.4 Å². The highest BCUT2D eigenvalue weighted by atomic mass is 32.2. The number of carbonyl (C=O) groups excluding carboxylic acids is 2. The molecule has 1 aromatic heterocycles. The van der Waals surface area contributed by atoms with Crippen molar-refractivity contribution in [3.8, 4) is 0 Å². The maximum Gasteiger partial charge on any atom is 0.342 e. The van der Waals surface area contributed by atoms with E-state index in [1.165, 1.54) is 49.6 Å². The van der Waals surface area contributed by atoms with Crippen LogP contribution in [0, 0.1) is 17.0 Å². The Kier molecular flexibility index (Phi) is 7.05. The van der Waals surface area contributed by atoms with Gasteiger partial charge in [0.15, 0.2) is 0 Å². The van der Waals surface area contributed by atoms with Crippen LogP contribution in [0.4, 0.5) is 11.4 Å². The molecule has 4 aromatic rings. The van der Waals surface area contributed by atoms with Gasteiger partial charge in [-0.2, -0.15) is 4.31 Å². The Morgan fingerprint density at radius 1 is 0.974 bits per heavy atom. The van der Waals surface area contributed by atoms with E-state index in [1.54, 1.807) is 19.1 Å². The van der Waals surface area contributed by atoms with Crippen LogP contribution in [0.5, 0.6) is 0 Å². The smallest absolute Gasteiger partial charge is 0.342 e. The van der Waals surface area contributed by atoms with Crippen LogP contribution in [0.2, 0.25) is 0 Å². The summed E-state index contributed by atoms with van der Waals surface area (Å²) in [6.07, 6.45) is 0. The molecule has 0 aliphatic heterocycles. The molecule has 202 valence electrons. The third-order valence-corrected chi connectivity index (χ3v) is 7.96. The van der Waals surface area contributed by atoms with Gasteiger partial charge in [-0.25, -0.2) is 13.2 Å². The molecule has 4 rings (SSSR count). The Balaban J connectivity index is 1.92. The number of anilines is 1. The first-order valence-corrected chi connectivity index (χ1v) is 13.3. The predicted octanol–water partition coefficient (Wildman–Crippen LogP) is 5.77. The van der Waals surface area contributed by atoms with Crippen LogP contribution in [0.3, 0.4) is 0 Å². The molecule has 0 atom stereocenters. The van der Waals surface area contributed by atoms with Crippen molar-refractivity contribution >= 4 is 44.2 Å². The number of aryl methyl sites for hydroxylation is 1. The van der Waals surface area contributed by atoms with Gasteiger partial charge in [-0.05, 0) is 60.4 Å². The number of fused-ring (bicyclic) bond motifs is 1. The zero-order valence-electron chi connectivity index (χ0n) is 21.9. The number of amides is 1. The molecule has 0 bridgehead atoms. The van der Waals surface area contributed by atoms with E-state index in [0.29, 0.717) is 9.89 Å². The van der Waals surface area contributed by atoms with E-state index < -0.39 is 26.8 Å². The Morgan fingerprint density at radius 3 is 2.13 bits per heavy atom. The molecule has 3 aromatic carbocycles. The van der Waals surface area contributed by atoms with Gasteiger partial charge in [0.2, 0.25) is 0 Å². The monoisotopic (exact) mass is 550 g/mol. The summed E-state index contributed by atoms with van der Waals surface area (Å²) in [4.78, 5) is 36.5. The molecule has 0 saturated heterocycles. The van der Waals surface area contributed by atoms with E-state index in [4.69, 9.17) is 9.15 Å². The van der Waals surface area contributed by atoms with Gasteiger partial charge in [0.1, 0.15) is 16.9 Å². The SMILES string of the molecule is COC(=O)c1c(C)oc2ccc(N(C(=O)c3ccc([N+](=O)[O-])cc3)S(=O)(=O)c3ccc(C(C)(C)C)cc3)cc12. The minimum absolute atomic E-state index is 0.0586. The molecule has 10 nitrogen and oxygen atoms in total. The molecule has 0 fully saturated rings. The molecule has 0 spiro atoms. The predicted molar refractivity (Wildman–Crippen MR) is 145 cm³/mol. The second kappa shape index (κ2) is 9.99. The molecule has 1 amide bonds. The number of hydrogen-bond acceptors (Lipinski definition) is 8. The molecule has 0 unspecified atom stereocenters. The van der Waals surface area contributed by atoms with E-state index >= 15 is 0 Å². The molecule has 0 aliphatic carbocycles. The highest BCUT2D eigenvalue weighted by Gasteiger charge is 2.33. The lowest BCUT2D eigenvalue weighted by molar-refractivity contribution is -0.384. The van der Waals surface area contributed by atoms with Gasteiger partial charge in [0.05, 0.1) is 22.6 Å². The van der Waals surface area contributed by atoms with Crippen molar-refractivity contribution in [2.45, 2.75) is 38.0 Å². The van der Waals surface area contributed by atoms with Gasteiger partial charge in [0, 0.05) is 23.1 Å². The molecule has 11 heteroatoms. The number of sulfonamides is 1. The first kappa shape index (κ1) is 27.5. The third-order valence-electron chi connectivity index (χ3n) is 6.24. The topological polar surface area (TPSA) is 137 Å². The summed E-state index contributed by atoms with van der Waals surface area (Å²) in [5, 5.41) is 11.3. The van der Waals surface area contributed by atoms with Gasteiger partial charge in [-0.3, -0.25) is 14.9 Å². The molecule has 0 aliphatic rings. The number of non-ortho nitro benzene ring substituents is 1. The van der Waals surface area contributed by atoms with Crippen LogP contribution >= 0.6 is 0 Å². The lowest BCUT2D eigenvalue weighted by atomic mass is 9.87. The number of nitro groups is 1. The largest absolute Gasteiger partial charge is 0.465 e. The summed E-state index contributed by atoms with van der Waals surface area (Å²) in [6.45, 7) is 7.53. The zero-order valence-corrected chi connectivity index (χ0v) is 22.7. The van der Waals surface area contributed by atoms with Gasteiger partial charge < -0.3 is 9.15 Å². The lowest BCUT2D eigenvalue weighted by Crippen LogP contribution is -2.37. The summed E-state index contributed by atoms with van der Waals surface area (Å²) in [7, 11) is -3.28. The fourth-order valence-corrected chi connectivity index (χ4v) is 5.54. The van der Waals surface area contributed by atoms with E-state index in [-0.39, 0.29) is 44.0 Å². The standard InChI is InChI=1S/C28H26N2O8S/c1-17-25(27(32)37-5)23-16-21(12-15-24(23)38-17)29(26(31)18-6-10-20(11-7-18)30(33)34)39(35,36)22-13-8-19(9-14-22)28(2,3)4/h6-16H,1-5H3. The van der Waals surface area contributed by atoms with Crippen molar-refractivity contribution in [2.24, 2.45) is 0 Å². The summed E-state index contributed by atoms with van der Waals surface area (Å²) in [6, 6.07) is 15.0. The molecule has 0 radical (unpaired) electrons. The number of carbonyl (C=O) groups is 2. The van der Waals surface area contributed by atoms with Crippen LogP contribution in [0.15, 0.2) is 76.0 Å². The van der Waals surface area contributed by atoms with Gasteiger partial charge in [-0.15, -0.1) is 0 Å². The molecule has 0 N–H and O–H groups in total. The summed E-state index contributed by atoms with van der Waals surface area (Å²) < 4.78 is 39.1. The van der Waals surface area contributed by atoms with Crippen molar-refractivity contribution in [1.29, 1.82) is 0 Å². The first-order chi connectivity index (χ1) is 18.3. The number of nitrogens with zero attached hydrogens (tertiary/aromatic N) is 2. The Labute approximate surface area is 225 Å². The van der Waals surface area contributed by atoms with Crippen molar-refractivity contribution < 1.29 is 32.1 Å². The van der Waals surface area contributed by atoms with Crippen LogP contribution in [0.25, 0.3) is 11.0 Å². The average molecular weight is 551 g/mol. The average Bonchev–Trinajstić information content (AvgIpc) is 3.22. The van der Waals surface area contributed by atoms with Gasteiger partial charge >= 0.3 is 5.97 Å². The van der Waals surface area contributed by atoms with Crippen LogP contribution in [0.1, 0.15) is 52.8 Å². The molecular weight excluding hydrogens is 524 g/mol. The van der Waals surface area contributed by atoms with Gasteiger partial charge in [0.25, 0.3) is 21.6 Å². The number of benzene rings is 3. The number of hydrogen-bond donors (Lipinski definition) is 0. The fraction of sp³-hybridized carbons (Fsp3) is 0.214. The van der Waals surface area contributed by atoms with E-state index in [9.17, 15) is 28.1 Å². The maximum atomic E-state index is 14.0. The second-order valence-corrected chi connectivity index (χ2v) is 11.6. The fourth-order valence-electron chi connectivity index (χ4n) is 4.13. The molecule has 1 heterocycles. The quantitative estimate of drug-likeness (QED) is 0.168. The number of ether oxygens (including phenoxy) is 1. The number of furan rings is 1. The van der Waals surface area contributed by atoms with E-state index in [0.717, 1.165) is 17.7 Å². The van der Waals surface area contributed by atoms with Gasteiger partial charge in [-0.1, -0.05) is 32.9 Å². The number of rotatable bonds is 6. The van der Waals surface area contributed by atoms with Crippen molar-refractivity contribution in [1.82, 2.24) is 0 Å². The molecular formula is C28H26N2O8S. The van der Waals surface area contributed by atoms with Crippen molar-refractivity contribution in [3.63, 3.8) is 0 Å². The second-order valence-electron chi connectivity index (χ2n) is 9.86. The number of nitro benzene ring substituents is 1. The lowest BCUT2D eigenvalue weighted by Gasteiger charge is -2.24.